The third-order valence-corrected chi connectivity index (χ3v) is 2.80. The Morgan fingerprint density at radius 1 is 1.33 bits per heavy atom. The highest BCUT2D eigenvalue weighted by Crippen LogP contribution is 2.35. The average molecular weight is 240 g/mol. The lowest BCUT2D eigenvalue weighted by Gasteiger charge is -2.14. The molecule has 7 nitrogen and oxygen atoms in total. The zero-order valence-corrected chi connectivity index (χ0v) is 9.14. The quantitative estimate of drug-likeness (QED) is 0.361. The van der Waals surface area contributed by atoms with E-state index in [4.69, 9.17) is 26.4 Å². The highest BCUT2D eigenvalue weighted by Gasteiger charge is 2.17. The molecule has 0 saturated heterocycles. The lowest BCUT2D eigenvalue weighted by atomic mass is 10.0. The minimum Gasteiger partial charge on any atom is -0.480 e. The van der Waals surface area contributed by atoms with Crippen molar-refractivity contribution in [1.82, 2.24) is 0 Å². The Morgan fingerprint density at radius 2 is 1.87 bits per heavy atom. The molecule has 0 spiro atoms. The number of carbonyl (C=O) groups is 1. The van der Waals surface area contributed by atoms with Gasteiger partial charge in [-0.25, -0.2) is 0 Å². The van der Waals surface area contributed by atoms with Crippen molar-refractivity contribution < 1.29 is 24.3 Å². The first-order valence-corrected chi connectivity index (χ1v) is 6.30. The smallest absolute Gasteiger partial charge is 0.325 e. The van der Waals surface area contributed by atoms with Gasteiger partial charge < -0.3 is 26.4 Å². The molecule has 0 aliphatic carbocycles. The third kappa shape index (κ3) is 8.53. The van der Waals surface area contributed by atoms with Crippen LogP contribution in [0.5, 0.6) is 0 Å². The highest BCUT2D eigenvalue weighted by molar-refractivity contribution is 7.51. The van der Waals surface area contributed by atoms with E-state index in [2.05, 4.69) is 0 Å². The molecule has 7 N–H and O–H groups in total. The molecule has 90 valence electrons. The Kier molecular flexibility index (Phi) is 6.00. The Bertz CT molecular complexity index is 254. The molecule has 0 rings (SSSR count). The van der Waals surface area contributed by atoms with Gasteiger partial charge in [0.2, 0.25) is 0 Å². The molecule has 0 aromatic carbocycles. The topological polar surface area (TPSA) is 147 Å². The molecule has 0 aliphatic rings. The summed E-state index contributed by atoms with van der Waals surface area (Å²) in [5.41, 5.74) is 10.8. The van der Waals surface area contributed by atoms with Gasteiger partial charge in [-0.2, -0.15) is 0 Å². The van der Waals surface area contributed by atoms with Crippen LogP contribution in [-0.2, 0) is 9.36 Å². The van der Waals surface area contributed by atoms with E-state index in [0.29, 0.717) is 6.42 Å². The van der Waals surface area contributed by atoms with Gasteiger partial charge in [0.15, 0.2) is 0 Å². The predicted octanol–water partition coefficient (Wildman–Crippen LogP) is -0.926. The van der Waals surface area contributed by atoms with E-state index in [0.717, 1.165) is 0 Å². The van der Waals surface area contributed by atoms with Gasteiger partial charge in [-0.05, 0) is 19.3 Å². The van der Waals surface area contributed by atoms with Gasteiger partial charge in [-0.1, -0.05) is 0 Å². The lowest BCUT2D eigenvalue weighted by molar-refractivity contribution is -0.138. The summed E-state index contributed by atoms with van der Waals surface area (Å²) >= 11 is 0. The van der Waals surface area contributed by atoms with Crippen molar-refractivity contribution in [2.45, 2.75) is 31.3 Å². The molecular formula is C7H17N2O5P. The molecule has 0 aliphatic heterocycles. The van der Waals surface area contributed by atoms with Crippen molar-refractivity contribution in [2.75, 3.05) is 6.16 Å². The molecule has 0 radical (unpaired) electrons. The van der Waals surface area contributed by atoms with Crippen LogP contribution in [0.25, 0.3) is 0 Å². The number of carboxylic acids is 1. The summed E-state index contributed by atoms with van der Waals surface area (Å²) in [6, 6.07) is -1.46. The Hall–Kier alpha value is -0.460. The minimum absolute atomic E-state index is 0.108. The number of carboxylic acid groups (broad SMARTS) is 1. The fourth-order valence-electron chi connectivity index (χ4n) is 1.10. The molecule has 0 aromatic rings. The predicted molar refractivity (Wildman–Crippen MR) is 54.3 cm³/mol. The van der Waals surface area contributed by atoms with Gasteiger partial charge in [-0.3, -0.25) is 9.36 Å². The summed E-state index contributed by atoms with van der Waals surface area (Å²) in [6.45, 7) is 0. The van der Waals surface area contributed by atoms with E-state index in [1.807, 2.05) is 0 Å². The number of hydrogen-bond acceptors (Lipinski definition) is 4. The van der Waals surface area contributed by atoms with Gasteiger partial charge >= 0.3 is 13.6 Å². The van der Waals surface area contributed by atoms with Crippen molar-refractivity contribution in [3.63, 3.8) is 0 Å². The minimum atomic E-state index is -3.98. The maximum absolute atomic E-state index is 10.5. The van der Waals surface area contributed by atoms with Crippen molar-refractivity contribution in [3.8, 4) is 0 Å². The summed E-state index contributed by atoms with van der Waals surface area (Å²) in [6.07, 6.45) is 0.489. The lowest BCUT2D eigenvalue weighted by Crippen LogP contribution is -2.37. The molecule has 0 amide bonds. The van der Waals surface area contributed by atoms with Gasteiger partial charge in [0.25, 0.3) is 0 Å². The second-order valence-electron chi connectivity index (χ2n) is 3.47. The second-order valence-corrected chi connectivity index (χ2v) is 5.25. The van der Waals surface area contributed by atoms with E-state index in [1.165, 1.54) is 0 Å². The molecule has 0 bridgehead atoms. The van der Waals surface area contributed by atoms with Crippen LogP contribution in [0, 0.1) is 0 Å². The van der Waals surface area contributed by atoms with E-state index in [9.17, 15) is 9.36 Å². The summed E-state index contributed by atoms with van der Waals surface area (Å²) in [7, 11) is -3.98. The number of rotatable bonds is 7. The van der Waals surface area contributed by atoms with Crippen LogP contribution in [0.3, 0.4) is 0 Å². The van der Waals surface area contributed by atoms with Gasteiger partial charge in [-0.15, -0.1) is 0 Å². The first kappa shape index (κ1) is 14.5. The Balaban J connectivity index is 3.71. The Labute approximate surface area is 87.6 Å². The average Bonchev–Trinajstić information content (AvgIpc) is 2.01. The highest BCUT2D eigenvalue weighted by atomic mass is 31.2. The number of aliphatic carboxylic acids is 1. The normalized spacial score (nSPS) is 16.0. The second kappa shape index (κ2) is 6.19. The third-order valence-electron chi connectivity index (χ3n) is 1.90. The summed E-state index contributed by atoms with van der Waals surface area (Å²) in [5.74, 6) is -1.12. The molecule has 2 unspecified atom stereocenters. The van der Waals surface area contributed by atoms with E-state index >= 15 is 0 Å². The Morgan fingerprint density at radius 3 is 2.27 bits per heavy atom. The van der Waals surface area contributed by atoms with Crippen molar-refractivity contribution in [1.29, 1.82) is 0 Å². The standard InChI is InChI=1S/C7H17N2O5P/c8-5(4-6(9)7(10)11)2-1-3-15(12,13)14/h5-6H,1-4,8-9H2,(H,10,11)(H2,12,13,14). The first-order chi connectivity index (χ1) is 6.72. The van der Waals surface area contributed by atoms with Crippen LogP contribution in [0.2, 0.25) is 0 Å². The van der Waals surface area contributed by atoms with Crippen LogP contribution in [0.4, 0.5) is 0 Å². The van der Waals surface area contributed by atoms with Gasteiger partial charge in [0.05, 0.1) is 0 Å². The summed E-state index contributed by atoms with van der Waals surface area (Å²) in [4.78, 5) is 27.5. The van der Waals surface area contributed by atoms with Crippen LogP contribution < -0.4 is 11.5 Å². The zero-order valence-electron chi connectivity index (χ0n) is 8.24. The molecule has 0 heterocycles. The molecule has 0 saturated carbocycles. The maximum Gasteiger partial charge on any atom is 0.325 e. The SMILES string of the molecule is NC(CCCP(=O)(O)O)CC(N)C(=O)O. The first-order valence-electron chi connectivity index (χ1n) is 4.51. The fourth-order valence-corrected chi connectivity index (χ4v) is 1.70. The number of nitrogens with two attached hydrogens (primary N) is 2. The van der Waals surface area contributed by atoms with E-state index < -0.39 is 25.6 Å². The largest absolute Gasteiger partial charge is 0.480 e. The molecule has 2 atom stereocenters. The fraction of sp³-hybridized carbons (Fsp3) is 0.857. The molecule has 8 heteroatoms. The monoisotopic (exact) mass is 240 g/mol. The molecular weight excluding hydrogens is 223 g/mol. The van der Waals surface area contributed by atoms with E-state index in [-0.39, 0.29) is 19.0 Å². The molecule has 15 heavy (non-hydrogen) atoms. The maximum atomic E-state index is 10.5. The summed E-state index contributed by atoms with van der Waals surface area (Å²) < 4.78 is 10.5. The van der Waals surface area contributed by atoms with Gasteiger partial charge in [0.1, 0.15) is 6.04 Å². The van der Waals surface area contributed by atoms with Crippen molar-refractivity contribution >= 4 is 13.6 Å². The number of hydrogen-bond donors (Lipinski definition) is 5. The van der Waals surface area contributed by atoms with Crippen LogP contribution in [0.15, 0.2) is 0 Å². The zero-order chi connectivity index (χ0) is 12.1. The van der Waals surface area contributed by atoms with Crippen molar-refractivity contribution in [2.24, 2.45) is 11.5 Å². The van der Waals surface area contributed by atoms with Crippen LogP contribution in [0.1, 0.15) is 19.3 Å². The van der Waals surface area contributed by atoms with Crippen molar-refractivity contribution in [3.05, 3.63) is 0 Å². The van der Waals surface area contributed by atoms with E-state index in [1.54, 1.807) is 0 Å². The van der Waals surface area contributed by atoms with Crippen LogP contribution in [-0.4, -0.2) is 39.1 Å². The molecule has 0 aromatic heterocycles. The van der Waals surface area contributed by atoms with Gasteiger partial charge in [0, 0.05) is 12.2 Å². The molecule has 0 fully saturated rings. The summed E-state index contributed by atoms with van der Waals surface area (Å²) in [5, 5.41) is 8.48. The van der Waals surface area contributed by atoms with Crippen LogP contribution >= 0.6 is 7.60 Å².